The standard InChI is InChI=1S/C48H50N3O.Pt/c1-29(2)31-19-24-42(52)40(27-31)46-50-45-36(16-12-18-41(45)51(46)35-22-20-34(21-23-35)47(5,6)7)32-14-11-15-33(26-32)39-28-38(30(3)4)43(48(8,9)10)37-17-13-25-49-44(37)39;/h11-25,27-30,52H,1-10H3;/q-1;. The molecule has 0 amide bonds. The summed E-state index contributed by atoms with van der Waals surface area (Å²) in [5, 5.41) is 12.5. The van der Waals surface area contributed by atoms with Crippen molar-refractivity contribution in [2.75, 3.05) is 0 Å². The number of hydrogen-bond acceptors (Lipinski definition) is 3. The Kier molecular flexibility index (Phi) is 10.4. The molecule has 0 saturated carbocycles. The second-order valence-corrected chi connectivity index (χ2v) is 16.8. The average Bonchev–Trinajstić information content (AvgIpc) is 3.50. The molecule has 0 saturated heterocycles. The van der Waals surface area contributed by atoms with E-state index in [1.54, 1.807) is 6.07 Å². The Balaban J connectivity index is 0.00000481. The van der Waals surface area contributed by atoms with Crippen LogP contribution < -0.4 is 0 Å². The SMILES string of the molecule is CC(C)c1ccc(O)c(-c2nc3c(-c4[c-]c(-c5cc(C(C)C)c(C(C)(C)C)c6cccnc56)ccc4)cccc3n2-c2ccc(C(C)(C)C)cc2)c1.[Pt]. The van der Waals surface area contributed by atoms with Crippen molar-refractivity contribution >= 4 is 21.9 Å². The minimum atomic E-state index is -0.0344. The maximum absolute atomic E-state index is 11.3. The summed E-state index contributed by atoms with van der Waals surface area (Å²) in [6.45, 7) is 22.5. The Morgan fingerprint density at radius 1 is 0.660 bits per heavy atom. The van der Waals surface area contributed by atoms with Gasteiger partial charge in [0.25, 0.3) is 0 Å². The number of nitrogens with zero attached hydrogens (tertiary/aromatic N) is 3. The van der Waals surface area contributed by atoms with Crippen molar-refractivity contribution in [3.05, 3.63) is 132 Å². The fourth-order valence-corrected chi connectivity index (χ4v) is 7.52. The number of para-hydroxylation sites is 1. The van der Waals surface area contributed by atoms with E-state index in [2.05, 4.69) is 159 Å². The molecule has 7 aromatic rings. The van der Waals surface area contributed by atoms with E-state index in [1.807, 2.05) is 18.3 Å². The van der Waals surface area contributed by atoms with Crippen LogP contribution in [0.1, 0.15) is 103 Å². The molecule has 5 aromatic carbocycles. The largest absolute Gasteiger partial charge is 0.507 e. The summed E-state index contributed by atoms with van der Waals surface area (Å²) in [6, 6.07) is 37.8. The zero-order valence-electron chi connectivity index (χ0n) is 32.6. The van der Waals surface area contributed by atoms with Crippen LogP contribution >= 0.6 is 0 Å². The number of phenolic OH excluding ortho intramolecular Hbond substituents is 1. The number of aromatic hydroxyl groups is 1. The summed E-state index contributed by atoms with van der Waals surface area (Å²) in [5.74, 6) is 1.56. The first kappa shape index (κ1) is 38.2. The van der Waals surface area contributed by atoms with Crippen molar-refractivity contribution < 1.29 is 26.2 Å². The van der Waals surface area contributed by atoms with Gasteiger partial charge >= 0.3 is 0 Å². The van der Waals surface area contributed by atoms with E-state index in [4.69, 9.17) is 9.97 Å². The predicted molar refractivity (Wildman–Crippen MR) is 219 cm³/mol. The number of fused-ring (bicyclic) bond motifs is 2. The molecule has 0 spiro atoms. The molecule has 5 heteroatoms. The van der Waals surface area contributed by atoms with Crippen molar-refractivity contribution in [3.63, 3.8) is 0 Å². The van der Waals surface area contributed by atoms with Crippen LogP contribution in [0.25, 0.3) is 61.3 Å². The van der Waals surface area contributed by atoms with Crippen LogP contribution in [0.5, 0.6) is 5.75 Å². The molecule has 0 unspecified atom stereocenters. The molecule has 2 heterocycles. The summed E-state index contributed by atoms with van der Waals surface area (Å²) < 4.78 is 2.19. The maximum atomic E-state index is 11.3. The van der Waals surface area contributed by atoms with E-state index >= 15 is 0 Å². The predicted octanol–water partition coefficient (Wildman–Crippen LogP) is 12.9. The minimum absolute atomic E-state index is 0. The molecule has 2 aromatic heterocycles. The van der Waals surface area contributed by atoms with Crippen LogP contribution in [0, 0.1) is 6.07 Å². The number of imidazole rings is 1. The van der Waals surface area contributed by atoms with Gasteiger partial charge in [-0.05, 0) is 86.7 Å². The Labute approximate surface area is 329 Å². The van der Waals surface area contributed by atoms with Crippen molar-refractivity contribution in [2.24, 2.45) is 0 Å². The molecule has 274 valence electrons. The fourth-order valence-electron chi connectivity index (χ4n) is 7.52. The van der Waals surface area contributed by atoms with Gasteiger partial charge in [-0.3, -0.25) is 9.55 Å². The summed E-state index contributed by atoms with van der Waals surface area (Å²) >= 11 is 0. The molecule has 0 atom stereocenters. The van der Waals surface area contributed by atoms with Crippen LogP contribution in [0.4, 0.5) is 0 Å². The Hall–Kier alpha value is -4.53. The third-order valence-corrected chi connectivity index (χ3v) is 10.3. The van der Waals surface area contributed by atoms with Gasteiger partial charge in [0.2, 0.25) is 0 Å². The average molecular weight is 880 g/mol. The van der Waals surface area contributed by atoms with Crippen molar-refractivity contribution in [1.82, 2.24) is 14.5 Å². The summed E-state index contributed by atoms with van der Waals surface area (Å²) in [5.41, 5.74) is 13.6. The second kappa shape index (κ2) is 14.4. The first-order chi connectivity index (χ1) is 24.6. The van der Waals surface area contributed by atoms with Crippen LogP contribution in [0.2, 0.25) is 0 Å². The number of aromatic nitrogens is 3. The molecule has 0 fully saturated rings. The van der Waals surface area contributed by atoms with E-state index in [-0.39, 0.29) is 37.6 Å². The van der Waals surface area contributed by atoms with E-state index in [0.717, 1.165) is 50.1 Å². The Morgan fingerprint density at radius 2 is 1.34 bits per heavy atom. The molecular formula is C48H50N3OPt-. The zero-order chi connectivity index (χ0) is 37.1. The van der Waals surface area contributed by atoms with Gasteiger partial charge in [0.1, 0.15) is 11.6 Å². The minimum Gasteiger partial charge on any atom is -0.507 e. The molecule has 0 bridgehead atoms. The molecule has 0 aliphatic carbocycles. The number of pyridine rings is 1. The molecule has 53 heavy (non-hydrogen) atoms. The van der Waals surface area contributed by atoms with Crippen LogP contribution in [-0.4, -0.2) is 19.6 Å². The van der Waals surface area contributed by atoms with Crippen LogP contribution in [0.3, 0.4) is 0 Å². The molecule has 1 N–H and O–H groups in total. The van der Waals surface area contributed by atoms with Gasteiger partial charge < -0.3 is 5.11 Å². The molecule has 4 nitrogen and oxygen atoms in total. The van der Waals surface area contributed by atoms with E-state index in [9.17, 15) is 5.11 Å². The second-order valence-electron chi connectivity index (χ2n) is 16.8. The molecule has 0 radical (unpaired) electrons. The molecule has 7 rings (SSSR count). The Bertz CT molecular complexity index is 2440. The van der Waals surface area contributed by atoms with Crippen molar-refractivity contribution in [2.45, 2.75) is 91.9 Å². The van der Waals surface area contributed by atoms with Crippen molar-refractivity contribution in [1.29, 1.82) is 0 Å². The summed E-state index contributed by atoms with van der Waals surface area (Å²) in [4.78, 5) is 10.3. The number of hydrogen-bond donors (Lipinski definition) is 1. The van der Waals surface area contributed by atoms with Gasteiger partial charge in [-0.15, -0.1) is 35.4 Å². The van der Waals surface area contributed by atoms with E-state index in [0.29, 0.717) is 23.2 Å². The first-order valence-corrected chi connectivity index (χ1v) is 18.5. The van der Waals surface area contributed by atoms with Gasteiger partial charge in [-0.1, -0.05) is 123 Å². The van der Waals surface area contributed by atoms with Gasteiger partial charge in [0.05, 0.1) is 16.6 Å². The van der Waals surface area contributed by atoms with Gasteiger partial charge in [0, 0.05) is 38.5 Å². The van der Waals surface area contributed by atoms with Gasteiger partial charge in [-0.25, -0.2) is 4.98 Å². The molecule has 0 aliphatic heterocycles. The summed E-state index contributed by atoms with van der Waals surface area (Å²) in [7, 11) is 0. The third kappa shape index (κ3) is 7.11. The topological polar surface area (TPSA) is 50.9 Å². The zero-order valence-corrected chi connectivity index (χ0v) is 34.8. The normalized spacial score (nSPS) is 12.2. The number of benzene rings is 5. The quantitative estimate of drug-likeness (QED) is 0.169. The fraction of sp³-hybridized carbons (Fsp3) is 0.292. The van der Waals surface area contributed by atoms with E-state index in [1.165, 1.54) is 22.1 Å². The number of phenols is 1. The molecular weight excluding hydrogens is 830 g/mol. The van der Waals surface area contributed by atoms with E-state index < -0.39 is 0 Å². The van der Waals surface area contributed by atoms with Crippen LogP contribution in [0.15, 0.2) is 103 Å². The van der Waals surface area contributed by atoms with Gasteiger partial charge in [0.15, 0.2) is 0 Å². The first-order valence-electron chi connectivity index (χ1n) is 18.5. The smallest absolute Gasteiger partial charge is 0.148 e. The maximum Gasteiger partial charge on any atom is 0.148 e. The van der Waals surface area contributed by atoms with Crippen molar-refractivity contribution in [3.8, 4) is 45.1 Å². The van der Waals surface area contributed by atoms with Crippen LogP contribution in [-0.2, 0) is 31.9 Å². The Morgan fingerprint density at radius 3 is 1.98 bits per heavy atom. The monoisotopic (exact) mass is 879 g/mol. The third-order valence-electron chi connectivity index (χ3n) is 10.3. The number of rotatable bonds is 6. The molecule has 0 aliphatic rings. The summed E-state index contributed by atoms with van der Waals surface area (Å²) in [6.07, 6.45) is 1.89. The van der Waals surface area contributed by atoms with Gasteiger partial charge in [-0.2, -0.15) is 0 Å².